The van der Waals surface area contributed by atoms with E-state index in [0.29, 0.717) is 6.04 Å². The fraction of sp³-hybridized carbons (Fsp3) is 0.474. The maximum Gasteiger partial charge on any atom is 0.233 e. The van der Waals surface area contributed by atoms with Crippen molar-refractivity contribution in [3.8, 4) is 0 Å². The van der Waals surface area contributed by atoms with Gasteiger partial charge in [0, 0.05) is 18.2 Å². The van der Waals surface area contributed by atoms with Gasteiger partial charge in [-0.15, -0.1) is 0 Å². The minimum Gasteiger partial charge on any atom is -0.352 e. The molecule has 1 fully saturated rings. The van der Waals surface area contributed by atoms with Gasteiger partial charge in [-0.1, -0.05) is 54.9 Å². The Bertz CT molecular complexity index is 677. The highest BCUT2D eigenvalue weighted by atomic mass is 32.2. The number of nitrogens with one attached hydrogen (secondary N) is 2. The van der Waals surface area contributed by atoms with E-state index in [1.165, 1.54) is 30.2 Å². The quantitative estimate of drug-likeness (QED) is 0.783. The van der Waals surface area contributed by atoms with Gasteiger partial charge in [0.25, 0.3) is 0 Å². The van der Waals surface area contributed by atoms with E-state index in [0.717, 1.165) is 35.8 Å². The molecular formula is C19H25N3OS. The normalized spacial score (nSPS) is 16.2. The average Bonchev–Trinajstić information content (AvgIpc) is 3.19. The summed E-state index contributed by atoms with van der Waals surface area (Å²) in [5.41, 5.74) is 3.37. The van der Waals surface area contributed by atoms with Gasteiger partial charge in [-0.25, -0.2) is 4.98 Å². The smallest absolute Gasteiger partial charge is 0.233 e. The molecule has 1 aliphatic rings. The van der Waals surface area contributed by atoms with E-state index in [-0.39, 0.29) is 11.2 Å². The molecule has 1 saturated carbocycles. The van der Waals surface area contributed by atoms with Crippen LogP contribution in [0.1, 0.15) is 49.6 Å². The predicted molar refractivity (Wildman–Crippen MR) is 98.3 cm³/mol. The third-order valence-electron chi connectivity index (χ3n) is 4.54. The first kappa shape index (κ1) is 17.1. The first-order valence-electron chi connectivity index (χ1n) is 8.68. The van der Waals surface area contributed by atoms with Crippen LogP contribution in [0, 0.1) is 6.92 Å². The van der Waals surface area contributed by atoms with Gasteiger partial charge in [0.1, 0.15) is 0 Å². The Balaban J connectivity index is 1.58. The molecule has 1 amide bonds. The number of hydrogen-bond donors (Lipinski definition) is 2. The highest BCUT2D eigenvalue weighted by molar-refractivity contribution is 8.00. The first-order valence-corrected chi connectivity index (χ1v) is 9.56. The third kappa shape index (κ3) is 4.41. The van der Waals surface area contributed by atoms with Crippen molar-refractivity contribution in [2.75, 3.05) is 0 Å². The molecule has 2 aromatic rings. The van der Waals surface area contributed by atoms with Crippen LogP contribution in [0.4, 0.5) is 0 Å². The standard InChI is InChI=1S/C19H25N3OS/c1-13-17(12-15-8-4-3-5-9-15)22-19(20-13)24-14(2)18(23)21-16-10-6-7-11-16/h3-5,8-9,14,16H,6-7,10-12H2,1-2H3,(H,20,22)(H,21,23). The summed E-state index contributed by atoms with van der Waals surface area (Å²) in [4.78, 5) is 20.3. The fourth-order valence-electron chi connectivity index (χ4n) is 3.09. The summed E-state index contributed by atoms with van der Waals surface area (Å²) in [7, 11) is 0. The number of hydrogen-bond acceptors (Lipinski definition) is 3. The Morgan fingerprint density at radius 2 is 2.04 bits per heavy atom. The van der Waals surface area contributed by atoms with E-state index < -0.39 is 0 Å². The molecule has 0 aliphatic heterocycles. The molecule has 1 atom stereocenters. The molecule has 1 unspecified atom stereocenters. The summed E-state index contributed by atoms with van der Waals surface area (Å²) in [6.45, 7) is 3.99. The van der Waals surface area contributed by atoms with Gasteiger partial charge in [-0.05, 0) is 32.3 Å². The summed E-state index contributed by atoms with van der Waals surface area (Å²) in [6.07, 6.45) is 5.50. The molecule has 5 heteroatoms. The molecule has 3 rings (SSSR count). The minimum atomic E-state index is -0.138. The number of thioether (sulfide) groups is 1. The fourth-order valence-corrected chi connectivity index (χ4v) is 3.98. The van der Waals surface area contributed by atoms with Crippen molar-refractivity contribution >= 4 is 17.7 Å². The number of carbonyl (C=O) groups is 1. The number of rotatable bonds is 6. The number of H-pyrrole nitrogens is 1. The maximum atomic E-state index is 12.3. The van der Waals surface area contributed by atoms with E-state index >= 15 is 0 Å². The zero-order valence-corrected chi connectivity index (χ0v) is 15.2. The van der Waals surface area contributed by atoms with Crippen LogP contribution < -0.4 is 5.32 Å². The van der Waals surface area contributed by atoms with Crippen molar-refractivity contribution in [3.63, 3.8) is 0 Å². The number of aromatic amines is 1. The summed E-state index contributed by atoms with van der Waals surface area (Å²) in [6, 6.07) is 10.7. The number of nitrogens with zero attached hydrogens (tertiary/aromatic N) is 1. The average molecular weight is 343 g/mol. The summed E-state index contributed by atoms with van der Waals surface area (Å²) >= 11 is 1.50. The molecule has 1 aromatic heterocycles. The summed E-state index contributed by atoms with van der Waals surface area (Å²) < 4.78 is 0. The first-order chi connectivity index (χ1) is 11.6. The van der Waals surface area contributed by atoms with E-state index in [4.69, 9.17) is 0 Å². The molecule has 0 saturated heterocycles. The number of carbonyl (C=O) groups excluding carboxylic acids is 1. The van der Waals surface area contributed by atoms with Crippen LogP contribution in [0.5, 0.6) is 0 Å². The third-order valence-corrected chi connectivity index (χ3v) is 5.52. The van der Waals surface area contributed by atoms with Gasteiger partial charge in [0.2, 0.25) is 5.91 Å². The van der Waals surface area contributed by atoms with Crippen molar-refractivity contribution in [2.45, 2.75) is 62.4 Å². The maximum absolute atomic E-state index is 12.3. The molecule has 0 bridgehead atoms. The molecule has 1 heterocycles. The van der Waals surface area contributed by atoms with Gasteiger partial charge >= 0.3 is 0 Å². The second-order valence-corrected chi connectivity index (χ2v) is 7.86. The van der Waals surface area contributed by atoms with Crippen molar-refractivity contribution in [3.05, 3.63) is 47.3 Å². The Hall–Kier alpha value is -1.75. The van der Waals surface area contributed by atoms with Crippen molar-refractivity contribution in [1.82, 2.24) is 15.3 Å². The van der Waals surface area contributed by atoms with Crippen LogP contribution in [-0.2, 0) is 11.2 Å². The van der Waals surface area contributed by atoms with Crippen molar-refractivity contribution in [1.29, 1.82) is 0 Å². The SMILES string of the molecule is Cc1[nH]c(SC(C)C(=O)NC2CCCC2)nc1Cc1ccccc1. The Morgan fingerprint density at radius 1 is 1.33 bits per heavy atom. The topological polar surface area (TPSA) is 57.8 Å². The number of aromatic nitrogens is 2. The van der Waals surface area contributed by atoms with Crippen LogP contribution >= 0.6 is 11.8 Å². The molecule has 128 valence electrons. The predicted octanol–water partition coefficient (Wildman–Crippen LogP) is 3.85. The monoisotopic (exact) mass is 343 g/mol. The van der Waals surface area contributed by atoms with Gasteiger partial charge in [0.05, 0.1) is 10.9 Å². The molecule has 2 N–H and O–H groups in total. The van der Waals surface area contributed by atoms with Crippen LogP contribution in [-0.4, -0.2) is 27.2 Å². The van der Waals surface area contributed by atoms with Crippen LogP contribution in [0.25, 0.3) is 0 Å². The molecule has 0 spiro atoms. The lowest BCUT2D eigenvalue weighted by Crippen LogP contribution is -2.37. The number of aryl methyl sites for hydroxylation is 1. The minimum absolute atomic E-state index is 0.116. The second-order valence-electron chi connectivity index (χ2n) is 6.53. The molecular weight excluding hydrogens is 318 g/mol. The van der Waals surface area contributed by atoms with Crippen LogP contribution in [0.2, 0.25) is 0 Å². The highest BCUT2D eigenvalue weighted by Crippen LogP contribution is 2.24. The summed E-state index contributed by atoms with van der Waals surface area (Å²) in [5, 5.41) is 3.85. The molecule has 0 radical (unpaired) electrons. The lowest BCUT2D eigenvalue weighted by molar-refractivity contribution is -0.120. The van der Waals surface area contributed by atoms with Crippen molar-refractivity contribution < 1.29 is 4.79 Å². The largest absolute Gasteiger partial charge is 0.352 e. The lowest BCUT2D eigenvalue weighted by Gasteiger charge is -2.15. The molecule has 1 aliphatic carbocycles. The van der Waals surface area contributed by atoms with E-state index in [1.54, 1.807) is 0 Å². The second kappa shape index (κ2) is 7.88. The zero-order valence-electron chi connectivity index (χ0n) is 14.3. The van der Waals surface area contributed by atoms with Gasteiger partial charge < -0.3 is 10.3 Å². The van der Waals surface area contributed by atoms with Crippen LogP contribution in [0.3, 0.4) is 0 Å². The highest BCUT2D eigenvalue weighted by Gasteiger charge is 2.22. The number of amides is 1. The zero-order chi connectivity index (χ0) is 16.9. The van der Waals surface area contributed by atoms with Gasteiger partial charge in [-0.2, -0.15) is 0 Å². The van der Waals surface area contributed by atoms with Crippen LogP contribution in [0.15, 0.2) is 35.5 Å². The van der Waals surface area contributed by atoms with E-state index in [9.17, 15) is 4.79 Å². The number of imidazole rings is 1. The van der Waals surface area contributed by atoms with Gasteiger partial charge in [-0.3, -0.25) is 4.79 Å². The lowest BCUT2D eigenvalue weighted by atomic mass is 10.1. The Labute approximate surface area is 147 Å². The molecule has 1 aromatic carbocycles. The van der Waals surface area contributed by atoms with E-state index in [1.807, 2.05) is 32.0 Å². The number of benzene rings is 1. The molecule has 24 heavy (non-hydrogen) atoms. The van der Waals surface area contributed by atoms with Gasteiger partial charge in [0.15, 0.2) is 5.16 Å². The summed E-state index contributed by atoms with van der Waals surface area (Å²) in [5.74, 6) is 0.116. The van der Waals surface area contributed by atoms with Crippen molar-refractivity contribution in [2.24, 2.45) is 0 Å². The molecule has 4 nitrogen and oxygen atoms in total. The Morgan fingerprint density at radius 3 is 2.75 bits per heavy atom. The Kier molecular flexibility index (Phi) is 5.61. The van der Waals surface area contributed by atoms with E-state index in [2.05, 4.69) is 27.4 Å².